The Hall–Kier alpha value is -1.29. The fraction of sp³-hybridized carbons (Fsp3) is 0.700. The molecule has 1 rings (SSSR count). The minimum absolute atomic E-state index is 0.124. The smallest absolute Gasteiger partial charge is 0.411 e. The third-order valence-electron chi connectivity index (χ3n) is 2.17. The molecule has 114 valence electrons. The molecule has 0 bridgehead atoms. The highest BCUT2D eigenvalue weighted by Crippen LogP contribution is 2.18. The number of ether oxygens (including phenoxy) is 1. The van der Waals surface area contributed by atoms with E-state index in [0.717, 1.165) is 11.8 Å². The van der Waals surface area contributed by atoms with Gasteiger partial charge in [0.05, 0.1) is 12.4 Å². The Balaban J connectivity index is 2.51. The topological polar surface area (TPSA) is 77.2 Å². The number of carbonyl (C=O) groups is 1. The predicted octanol–water partition coefficient (Wildman–Crippen LogP) is 1.60. The minimum Gasteiger partial charge on any atom is -0.481 e. The van der Waals surface area contributed by atoms with E-state index >= 15 is 0 Å². The summed E-state index contributed by atoms with van der Waals surface area (Å²) in [5.41, 5.74) is 0. The molecule has 1 N–H and O–H groups in total. The molecule has 0 aliphatic rings. The van der Waals surface area contributed by atoms with Crippen molar-refractivity contribution in [3.05, 3.63) is 5.82 Å². The van der Waals surface area contributed by atoms with Gasteiger partial charge in [0, 0.05) is 13.0 Å². The normalized spacial score (nSPS) is 11.8. The first-order valence-electron chi connectivity index (χ1n) is 5.74. The number of nitrogens with zero attached hydrogens (tertiary/aromatic N) is 3. The highest BCUT2D eigenvalue weighted by atomic mass is 32.2. The molecule has 0 saturated carbocycles. The number of hydrogen-bond donors (Lipinski definition) is 1. The molecule has 0 atom stereocenters. The fourth-order valence-corrected chi connectivity index (χ4v) is 2.15. The Labute approximate surface area is 117 Å². The number of carboxylic acids is 1. The van der Waals surface area contributed by atoms with E-state index in [4.69, 9.17) is 5.11 Å². The third-order valence-corrected chi connectivity index (χ3v) is 3.12. The second kappa shape index (κ2) is 7.48. The van der Waals surface area contributed by atoms with Crippen LogP contribution in [0.5, 0.6) is 0 Å². The Morgan fingerprint density at radius 1 is 1.45 bits per heavy atom. The van der Waals surface area contributed by atoms with Crippen molar-refractivity contribution in [3.8, 4) is 0 Å². The monoisotopic (exact) mass is 313 g/mol. The van der Waals surface area contributed by atoms with E-state index in [0.29, 0.717) is 17.5 Å². The summed E-state index contributed by atoms with van der Waals surface area (Å²) in [5, 5.41) is 16.7. The summed E-state index contributed by atoms with van der Waals surface area (Å²) < 4.78 is 41.8. The summed E-state index contributed by atoms with van der Waals surface area (Å²) in [6.07, 6.45) is -4.16. The van der Waals surface area contributed by atoms with Gasteiger partial charge in [0.25, 0.3) is 0 Å². The van der Waals surface area contributed by atoms with Crippen LogP contribution in [-0.2, 0) is 22.5 Å². The van der Waals surface area contributed by atoms with Gasteiger partial charge in [-0.15, -0.1) is 10.2 Å². The molecule has 1 aromatic rings. The van der Waals surface area contributed by atoms with Crippen molar-refractivity contribution in [2.75, 3.05) is 19.0 Å². The summed E-state index contributed by atoms with van der Waals surface area (Å²) in [6, 6.07) is 0. The van der Waals surface area contributed by atoms with Gasteiger partial charge in [-0.3, -0.25) is 4.79 Å². The molecule has 0 aliphatic carbocycles. The van der Waals surface area contributed by atoms with Crippen molar-refractivity contribution in [1.29, 1.82) is 0 Å². The second-order valence-corrected chi connectivity index (χ2v) is 4.69. The number of hydrogen-bond acceptors (Lipinski definition) is 5. The average molecular weight is 313 g/mol. The number of rotatable bonds is 8. The lowest BCUT2D eigenvalue weighted by atomic mass is 10.4. The number of thioether (sulfide) groups is 1. The van der Waals surface area contributed by atoms with Gasteiger partial charge in [0.15, 0.2) is 5.16 Å². The van der Waals surface area contributed by atoms with E-state index in [1.54, 1.807) is 4.57 Å². The van der Waals surface area contributed by atoms with Gasteiger partial charge < -0.3 is 14.4 Å². The molecule has 0 aromatic carbocycles. The summed E-state index contributed by atoms with van der Waals surface area (Å²) in [6.45, 7) is 0.896. The van der Waals surface area contributed by atoms with Gasteiger partial charge in [-0.2, -0.15) is 13.2 Å². The van der Waals surface area contributed by atoms with Crippen LogP contribution in [0.15, 0.2) is 5.16 Å². The van der Waals surface area contributed by atoms with Gasteiger partial charge in [-0.25, -0.2) is 0 Å². The van der Waals surface area contributed by atoms with Crippen LogP contribution in [0, 0.1) is 0 Å². The molecule has 10 heteroatoms. The van der Waals surface area contributed by atoms with Gasteiger partial charge >= 0.3 is 12.1 Å². The Kier molecular flexibility index (Phi) is 6.27. The SMILES string of the molecule is CCn1c(CCOCC(F)(F)F)nnc1SCC(=O)O. The lowest BCUT2D eigenvalue weighted by Gasteiger charge is -2.08. The molecule has 1 heterocycles. The number of aliphatic carboxylic acids is 1. The molecule has 20 heavy (non-hydrogen) atoms. The van der Waals surface area contributed by atoms with Crippen LogP contribution in [0.1, 0.15) is 12.7 Å². The molecule has 6 nitrogen and oxygen atoms in total. The maximum Gasteiger partial charge on any atom is 0.411 e. The third kappa shape index (κ3) is 5.78. The number of alkyl halides is 3. The molecule has 0 fully saturated rings. The first-order chi connectivity index (χ1) is 9.33. The highest BCUT2D eigenvalue weighted by molar-refractivity contribution is 7.99. The Morgan fingerprint density at radius 2 is 2.15 bits per heavy atom. The van der Waals surface area contributed by atoms with E-state index in [9.17, 15) is 18.0 Å². The molecular weight excluding hydrogens is 299 g/mol. The summed E-state index contributed by atoms with van der Waals surface area (Å²) in [5.74, 6) is -0.652. The number of aromatic nitrogens is 3. The first kappa shape index (κ1) is 16.8. The Morgan fingerprint density at radius 3 is 2.70 bits per heavy atom. The van der Waals surface area contributed by atoms with Crippen molar-refractivity contribution in [3.63, 3.8) is 0 Å². The molecule has 0 saturated heterocycles. The van der Waals surface area contributed by atoms with E-state index in [2.05, 4.69) is 14.9 Å². The predicted molar refractivity (Wildman–Crippen MR) is 64.6 cm³/mol. The summed E-state index contributed by atoms with van der Waals surface area (Å²) in [7, 11) is 0. The summed E-state index contributed by atoms with van der Waals surface area (Å²) in [4.78, 5) is 10.5. The lowest BCUT2D eigenvalue weighted by Crippen LogP contribution is -2.18. The standard InChI is InChI=1S/C10H14F3N3O3S/c1-2-16-7(3-4-19-6-10(11,12)13)14-15-9(16)20-5-8(17)18/h2-6H2,1H3,(H,17,18). The van der Waals surface area contributed by atoms with Crippen LogP contribution in [0.3, 0.4) is 0 Å². The van der Waals surface area contributed by atoms with Crippen molar-refractivity contribution < 1.29 is 27.8 Å². The molecular formula is C10H14F3N3O3S. The van der Waals surface area contributed by atoms with Crippen LogP contribution < -0.4 is 0 Å². The van der Waals surface area contributed by atoms with Crippen molar-refractivity contribution in [2.24, 2.45) is 0 Å². The van der Waals surface area contributed by atoms with Crippen LogP contribution >= 0.6 is 11.8 Å². The highest BCUT2D eigenvalue weighted by Gasteiger charge is 2.27. The van der Waals surface area contributed by atoms with Crippen LogP contribution in [0.25, 0.3) is 0 Å². The molecule has 0 radical (unpaired) electrons. The molecule has 0 unspecified atom stereocenters. The molecule has 1 aromatic heterocycles. The van der Waals surface area contributed by atoms with E-state index < -0.39 is 18.8 Å². The van der Waals surface area contributed by atoms with Crippen molar-refractivity contribution in [1.82, 2.24) is 14.8 Å². The molecule has 0 spiro atoms. The second-order valence-electron chi connectivity index (χ2n) is 3.74. The van der Waals surface area contributed by atoms with Gasteiger partial charge in [-0.1, -0.05) is 11.8 Å². The average Bonchev–Trinajstić information content (AvgIpc) is 2.73. The first-order valence-corrected chi connectivity index (χ1v) is 6.73. The molecule has 0 aliphatic heterocycles. The Bertz CT molecular complexity index is 451. The quantitative estimate of drug-likeness (QED) is 0.580. The largest absolute Gasteiger partial charge is 0.481 e. The maximum absolute atomic E-state index is 11.9. The number of halogens is 3. The molecule has 0 amide bonds. The zero-order chi connectivity index (χ0) is 15.2. The zero-order valence-corrected chi connectivity index (χ0v) is 11.5. The fourth-order valence-electron chi connectivity index (χ4n) is 1.41. The van der Waals surface area contributed by atoms with E-state index in [1.165, 1.54) is 0 Å². The van der Waals surface area contributed by atoms with Crippen LogP contribution in [-0.4, -0.2) is 51.0 Å². The van der Waals surface area contributed by atoms with Crippen molar-refractivity contribution >= 4 is 17.7 Å². The number of carboxylic acid groups (broad SMARTS) is 1. The minimum atomic E-state index is -4.35. The van der Waals surface area contributed by atoms with Crippen LogP contribution in [0.2, 0.25) is 0 Å². The summed E-state index contributed by atoms with van der Waals surface area (Å²) >= 11 is 1.01. The van der Waals surface area contributed by atoms with E-state index in [-0.39, 0.29) is 18.8 Å². The maximum atomic E-state index is 11.9. The lowest BCUT2D eigenvalue weighted by molar-refractivity contribution is -0.173. The van der Waals surface area contributed by atoms with Crippen molar-refractivity contribution in [2.45, 2.75) is 31.2 Å². The zero-order valence-electron chi connectivity index (χ0n) is 10.7. The van der Waals surface area contributed by atoms with E-state index in [1.807, 2.05) is 6.92 Å². The van der Waals surface area contributed by atoms with Gasteiger partial charge in [0.2, 0.25) is 0 Å². The van der Waals surface area contributed by atoms with Gasteiger partial charge in [0.1, 0.15) is 12.4 Å². The van der Waals surface area contributed by atoms with Crippen LogP contribution in [0.4, 0.5) is 13.2 Å². The van der Waals surface area contributed by atoms with Gasteiger partial charge in [-0.05, 0) is 6.92 Å².